The molecule has 142 valence electrons. The highest BCUT2D eigenvalue weighted by Crippen LogP contribution is 2.30. The van der Waals surface area contributed by atoms with Crippen molar-refractivity contribution in [2.75, 3.05) is 11.9 Å². The number of carbonyl (C=O) groups excluding carboxylic acids is 1. The summed E-state index contributed by atoms with van der Waals surface area (Å²) in [5.41, 5.74) is 2.82. The molecule has 0 spiro atoms. The van der Waals surface area contributed by atoms with Crippen molar-refractivity contribution in [3.05, 3.63) is 47.7 Å². The van der Waals surface area contributed by atoms with Crippen LogP contribution in [0.4, 0.5) is 5.69 Å². The minimum absolute atomic E-state index is 0. The largest absolute Gasteiger partial charge is 0.437 e. The lowest BCUT2D eigenvalue weighted by Crippen LogP contribution is -2.27. The van der Waals surface area contributed by atoms with Crippen LogP contribution < -0.4 is 15.4 Å². The number of ether oxygens (including phenoxy) is 1. The Kier molecular flexibility index (Phi) is 8.85. The van der Waals surface area contributed by atoms with E-state index in [1.54, 1.807) is 12.3 Å². The zero-order chi connectivity index (χ0) is 16.9. The number of rotatable bonds is 5. The molecule has 1 saturated heterocycles. The van der Waals surface area contributed by atoms with Gasteiger partial charge in [-0.25, -0.2) is 4.98 Å². The predicted molar refractivity (Wildman–Crippen MR) is 109 cm³/mol. The number of carbonyl (C=O) groups is 1. The molecule has 2 heterocycles. The number of hydrogen-bond acceptors (Lipinski definition) is 4. The first-order chi connectivity index (χ1) is 11.6. The summed E-state index contributed by atoms with van der Waals surface area (Å²) >= 11 is 0. The molecule has 1 aliphatic heterocycles. The van der Waals surface area contributed by atoms with Gasteiger partial charge in [0.1, 0.15) is 11.4 Å². The lowest BCUT2D eigenvalue weighted by atomic mass is 10.1. The van der Waals surface area contributed by atoms with E-state index in [1.165, 1.54) is 0 Å². The van der Waals surface area contributed by atoms with E-state index in [9.17, 15) is 4.79 Å². The van der Waals surface area contributed by atoms with Crippen molar-refractivity contribution in [3.63, 3.8) is 0 Å². The maximum Gasteiger partial charge on any atom is 0.243 e. The van der Waals surface area contributed by atoms with Crippen LogP contribution in [0.5, 0.6) is 11.6 Å². The number of aromatic nitrogens is 1. The molecule has 3 rings (SSSR count). The average Bonchev–Trinajstić information content (AvgIpc) is 3.06. The van der Waals surface area contributed by atoms with E-state index >= 15 is 0 Å². The summed E-state index contributed by atoms with van der Waals surface area (Å²) in [5.74, 6) is 1.15. The molecular formula is C19H25Cl2N3O2. The second-order valence-corrected chi connectivity index (χ2v) is 6.20. The molecule has 1 amide bonds. The smallest absolute Gasteiger partial charge is 0.243 e. The molecule has 0 bridgehead atoms. The zero-order valence-electron chi connectivity index (χ0n) is 15.0. The Morgan fingerprint density at radius 2 is 2.08 bits per heavy atom. The molecule has 1 unspecified atom stereocenters. The Morgan fingerprint density at radius 3 is 2.81 bits per heavy atom. The Labute approximate surface area is 166 Å². The van der Waals surface area contributed by atoms with Crippen molar-refractivity contribution >= 4 is 36.4 Å². The molecule has 1 aliphatic rings. The predicted octanol–water partition coefficient (Wildman–Crippen LogP) is 4.41. The number of nitrogens with one attached hydrogen (secondary N) is 2. The minimum Gasteiger partial charge on any atom is -0.437 e. The number of anilines is 1. The summed E-state index contributed by atoms with van der Waals surface area (Å²) < 4.78 is 5.95. The van der Waals surface area contributed by atoms with Gasteiger partial charge < -0.3 is 15.4 Å². The van der Waals surface area contributed by atoms with Crippen molar-refractivity contribution in [3.8, 4) is 11.6 Å². The minimum atomic E-state index is -0.0202. The quantitative estimate of drug-likeness (QED) is 0.783. The van der Waals surface area contributed by atoms with E-state index in [4.69, 9.17) is 4.74 Å². The van der Waals surface area contributed by atoms with Gasteiger partial charge in [-0.3, -0.25) is 4.79 Å². The number of aryl methyl sites for hydroxylation is 1. The Balaban J connectivity index is 0.00000169. The van der Waals surface area contributed by atoms with Crippen molar-refractivity contribution < 1.29 is 9.53 Å². The fourth-order valence-electron chi connectivity index (χ4n) is 2.86. The topological polar surface area (TPSA) is 63.2 Å². The molecule has 26 heavy (non-hydrogen) atoms. The Bertz CT molecular complexity index is 734. The highest BCUT2D eigenvalue weighted by Gasteiger charge is 2.19. The number of hydrogen-bond donors (Lipinski definition) is 2. The van der Waals surface area contributed by atoms with Crippen LogP contribution in [0.3, 0.4) is 0 Å². The number of nitrogens with zero attached hydrogens (tertiary/aromatic N) is 1. The average molecular weight is 398 g/mol. The number of halogens is 2. The summed E-state index contributed by atoms with van der Waals surface area (Å²) in [6, 6.07) is 9.77. The standard InChI is InChI=1S/C19H23N3O2.2ClH/c1-13-6-3-9-17(14(13)2)24-19-16(8-5-11-21-19)22-18(23)12-15-7-4-10-20-15;;/h3,5-6,8-9,11,15,20H,4,7,10,12H2,1-2H3,(H,22,23);2*1H. The molecule has 0 radical (unpaired) electrons. The molecule has 0 saturated carbocycles. The van der Waals surface area contributed by atoms with E-state index in [2.05, 4.69) is 15.6 Å². The van der Waals surface area contributed by atoms with E-state index in [0.717, 1.165) is 36.3 Å². The Hall–Kier alpha value is -1.82. The molecule has 5 nitrogen and oxygen atoms in total. The van der Waals surface area contributed by atoms with Crippen LogP contribution >= 0.6 is 24.8 Å². The van der Waals surface area contributed by atoms with Gasteiger partial charge in [0.2, 0.25) is 11.8 Å². The van der Waals surface area contributed by atoms with E-state index in [-0.39, 0.29) is 36.8 Å². The fourth-order valence-corrected chi connectivity index (χ4v) is 2.86. The lowest BCUT2D eigenvalue weighted by Gasteiger charge is -2.14. The molecule has 0 aliphatic carbocycles. The van der Waals surface area contributed by atoms with E-state index in [1.807, 2.05) is 38.1 Å². The molecule has 2 aromatic rings. The highest BCUT2D eigenvalue weighted by molar-refractivity contribution is 5.92. The maximum absolute atomic E-state index is 12.3. The fraction of sp³-hybridized carbons (Fsp3) is 0.368. The maximum atomic E-state index is 12.3. The zero-order valence-corrected chi connectivity index (χ0v) is 16.6. The van der Waals surface area contributed by atoms with Crippen LogP contribution in [-0.4, -0.2) is 23.5 Å². The van der Waals surface area contributed by atoms with Crippen LogP contribution in [0.1, 0.15) is 30.4 Å². The molecule has 7 heteroatoms. The second kappa shape index (κ2) is 10.4. The summed E-state index contributed by atoms with van der Waals surface area (Å²) in [7, 11) is 0. The third-order valence-corrected chi connectivity index (χ3v) is 4.40. The van der Waals surface area contributed by atoms with Gasteiger partial charge in [0.05, 0.1) is 0 Å². The molecule has 1 aromatic heterocycles. The first-order valence-electron chi connectivity index (χ1n) is 8.36. The number of benzene rings is 1. The van der Waals surface area contributed by atoms with Crippen molar-refractivity contribution in [2.45, 2.75) is 39.2 Å². The van der Waals surface area contributed by atoms with Crippen molar-refractivity contribution in [1.82, 2.24) is 10.3 Å². The van der Waals surface area contributed by atoms with Gasteiger partial charge in [0.25, 0.3) is 0 Å². The van der Waals surface area contributed by atoms with Gasteiger partial charge in [-0.1, -0.05) is 12.1 Å². The third kappa shape index (κ3) is 5.59. The first-order valence-corrected chi connectivity index (χ1v) is 8.36. The van der Waals surface area contributed by atoms with Crippen LogP contribution in [0.2, 0.25) is 0 Å². The van der Waals surface area contributed by atoms with Gasteiger partial charge in [-0.15, -0.1) is 24.8 Å². The van der Waals surface area contributed by atoms with Gasteiger partial charge in [0, 0.05) is 18.7 Å². The van der Waals surface area contributed by atoms with E-state index < -0.39 is 0 Å². The van der Waals surface area contributed by atoms with Gasteiger partial charge in [-0.05, 0) is 62.6 Å². The van der Waals surface area contributed by atoms with Gasteiger partial charge in [0.15, 0.2) is 0 Å². The van der Waals surface area contributed by atoms with Crippen LogP contribution in [0, 0.1) is 13.8 Å². The summed E-state index contributed by atoms with van der Waals surface area (Å²) in [6.45, 7) is 5.04. The summed E-state index contributed by atoms with van der Waals surface area (Å²) in [4.78, 5) is 16.5. The molecular weight excluding hydrogens is 373 g/mol. The monoisotopic (exact) mass is 397 g/mol. The highest BCUT2D eigenvalue weighted by atomic mass is 35.5. The molecule has 2 N–H and O–H groups in total. The molecule has 1 atom stereocenters. The normalized spacial score (nSPS) is 15.5. The second-order valence-electron chi connectivity index (χ2n) is 6.20. The molecule has 1 fully saturated rings. The van der Waals surface area contributed by atoms with Crippen LogP contribution in [0.15, 0.2) is 36.5 Å². The van der Waals surface area contributed by atoms with E-state index in [0.29, 0.717) is 18.0 Å². The first kappa shape index (κ1) is 22.2. The summed E-state index contributed by atoms with van der Waals surface area (Å²) in [5, 5.41) is 6.26. The lowest BCUT2D eigenvalue weighted by molar-refractivity contribution is -0.116. The van der Waals surface area contributed by atoms with Crippen molar-refractivity contribution in [2.24, 2.45) is 0 Å². The van der Waals surface area contributed by atoms with Gasteiger partial charge >= 0.3 is 0 Å². The molecule has 1 aromatic carbocycles. The van der Waals surface area contributed by atoms with Crippen molar-refractivity contribution in [1.29, 1.82) is 0 Å². The Morgan fingerprint density at radius 1 is 1.27 bits per heavy atom. The number of amides is 1. The number of pyridine rings is 1. The SMILES string of the molecule is Cc1cccc(Oc2ncccc2NC(=O)CC2CCCN2)c1C.Cl.Cl. The van der Waals surface area contributed by atoms with Crippen LogP contribution in [-0.2, 0) is 4.79 Å². The summed E-state index contributed by atoms with van der Waals surface area (Å²) in [6.07, 6.45) is 4.31. The van der Waals surface area contributed by atoms with Gasteiger partial charge in [-0.2, -0.15) is 0 Å². The third-order valence-electron chi connectivity index (χ3n) is 4.40. The van der Waals surface area contributed by atoms with Crippen LogP contribution in [0.25, 0.3) is 0 Å².